The molecule has 1 aliphatic rings. The van der Waals surface area contributed by atoms with Crippen LogP contribution in [-0.4, -0.2) is 53.1 Å². The minimum atomic E-state index is -0.964. The van der Waals surface area contributed by atoms with E-state index in [0.29, 0.717) is 6.42 Å². The molecule has 5 nitrogen and oxygen atoms in total. The maximum Gasteiger partial charge on any atom is 0.326 e. The maximum atomic E-state index is 11.8. The highest BCUT2D eigenvalue weighted by atomic mass is 32.2. The van der Waals surface area contributed by atoms with Gasteiger partial charge in [0.1, 0.15) is 6.04 Å². The van der Waals surface area contributed by atoms with E-state index in [2.05, 4.69) is 5.32 Å². The van der Waals surface area contributed by atoms with Crippen molar-refractivity contribution in [2.24, 2.45) is 0 Å². The smallest absolute Gasteiger partial charge is 0.326 e. The SMILES string of the molecule is CSCCC(NC(=O)N(C)C1CCC1)C(=O)O. The summed E-state index contributed by atoms with van der Waals surface area (Å²) in [7, 11) is 1.73. The van der Waals surface area contributed by atoms with Crippen LogP contribution in [0.5, 0.6) is 0 Å². The van der Waals surface area contributed by atoms with Crippen LogP contribution >= 0.6 is 11.8 Å². The van der Waals surface area contributed by atoms with E-state index < -0.39 is 12.0 Å². The second-order valence-electron chi connectivity index (χ2n) is 4.32. The Balaban J connectivity index is 2.41. The molecule has 0 spiro atoms. The van der Waals surface area contributed by atoms with Crippen molar-refractivity contribution < 1.29 is 14.7 Å². The van der Waals surface area contributed by atoms with Gasteiger partial charge in [0, 0.05) is 13.1 Å². The summed E-state index contributed by atoms with van der Waals surface area (Å²) in [4.78, 5) is 24.4. The molecule has 1 saturated carbocycles. The number of thioether (sulfide) groups is 1. The average molecular weight is 260 g/mol. The summed E-state index contributed by atoms with van der Waals surface area (Å²) in [5.41, 5.74) is 0. The van der Waals surface area contributed by atoms with Crippen molar-refractivity contribution >= 4 is 23.8 Å². The summed E-state index contributed by atoms with van der Waals surface area (Å²) in [6.45, 7) is 0. The molecule has 1 unspecified atom stereocenters. The van der Waals surface area contributed by atoms with E-state index in [9.17, 15) is 9.59 Å². The highest BCUT2D eigenvalue weighted by Crippen LogP contribution is 2.23. The van der Waals surface area contributed by atoms with E-state index in [4.69, 9.17) is 5.11 Å². The molecule has 6 heteroatoms. The third-order valence-corrected chi connectivity index (χ3v) is 3.79. The number of nitrogens with one attached hydrogen (secondary N) is 1. The molecule has 0 radical (unpaired) electrons. The van der Waals surface area contributed by atoms with Gasteiger partial charge in [-0.2, -0.15) is 11.8 Å². The number of nitrogens with zero attached hydrogens (tertiary/aromatic N) is 1. The van der Waals surface area contributed by atoms with E-state index in [0.717, 1.165) is 25.0 Å². The van der Waals surface area contributed by atoms with Crippen molar-refractivity contribution in [2.75, 3.05) is 19.1 Å². The van der Waals surface area contributed by atoms with Gasteiger partial charge in [-0.25, -0.2) is 9.59 Å². The number of hydrogen-bond donors (Lipinski definition) is 2. The molecule has 0 bridgehead atoms. The molecule has 1 aliphatic carbocycles. The van der Waals surface area contributed by atoms with Crippen LogP contribution in [0, 0.1) is 0 Å². The van der Waals surface area contributed by atoms with E-state index in [1.807, 2.05) is 6.26 Å². The zero-order chi connectivity index (χ0) is 12.8. The predicted octanol–water partition coefficient (Wildman–Crippen LogP) is 1.39. The Labute approximate surface area is 106 Å². The van der Waals surface area contributed by atoms with Gasteiger partial charge in [-0.3, -0.25) is 0 Å². The van der Waals surface area contributed by atoms with Crippen LogP contribution in [0.3, 0.4) is 0 Å². The summed E-state index contributed by atoms with van der Waals surface area (Å²) >= 11 is 1.58. The highest BCUT2D eigenvalue weighted by molar-refractivity contribution is 7.98. The number of carboxylic acids is 1. The first-order chi connectivity index (χ1) is 8.06. The molecule has 0 saturated heterocycles. The summed E-state index contributed by atoms with van der Waals surface area (Å²) in [6.07, 6.45) is 5.57. The monoisotopic (exact) mass is 260 g/mol. The Kier molecular flexibility index (Phi) is 5.61. The van der Waals surface area contributed by atoms with Crippen LogP contribution in [0.15, 0.2) is 0 Å². The molecule has 0 aliphatic heterocycles. The van der Waals surface area contributed by atoms with Crippen LogP contribution in [0.4, 0.5) is 4.79 Å². The van der Waals surface area contributed by atoms with Crippen molar-refractivity contribution in [1.82, 2.24) is 10.2 Å². The largest absolute Gasteiger partial charge is 0.480 e. The number of carboxylic acid groups (broad SMARTS) is 1. The number of urea groups is 1. The normalized spacial score (nSPS) is 17.1. The Morgan fingerprint density at radius 2 is 2.18 bits per heavy atom. The standard InChI is InChI=1S/C11H20N2O3S/c1-13(8-4-3-5-8)11(16)12-9(10(14)15)6-7-17-2/h8-9H,3-7H2,1-2H3,(H,12,16)(H,14,15). The van der Waals surface area contributed by atoms with Crippen LogP contribution in [-0.2, 0) is 4.79 Å². The molecule has 2 N–H and O–H groups in total. The molecule has 0 heterocycles. The first-order valence-corrected chi connectivity index (χ1v) is 7.20. The van der Waals surface area contributed by atoms with Gasteiger partial charge in [0.25, 0.3) is 0 Å². The highest BCUT2D eigenvalue weighted by Gasteiger charge is 2.28. The van der Waals surface area contributed by atoms with Crippen LogP contribution < -0.4 is 5.32 Å². The van der Waals surface area contributed by atoms with Gasteiger partial charge in [-0.15, -0.1) is 0 Å². The Morgan fingerprint density at radius 1 is 1.53 bits per heavy atom. The van der Waals surface area contributed by atoms with E-state index >= 15 is 0 Å². The van der Waals surface area contributed by atoms with Crippen molar-refractivity contribution in [2.45, 2.75) is 37.8 Å². The van der Waals surface area contributed by atoms with Gasteiger partial charge in [0.05, 0.1) is 0 Å². The van der Waals surface area contributed by atoms with Crippen molar-refractivity contribution in [3.05, 3.63) is 0 Å². The molecule has 0 aromatic rings. The average Bonchev–Trinajstić information content (AvgIpc) is 2.20. The van der Waals surface area contributed by atoms with E-state index in [1.54, 1.807) is 23.7 Å². The summed E-state index contributed by atoms with van der Waals surface area (Å²) in [6, 6.07) is -0.773. The van der Waals surface area contributed by atoms with Gasteiger partial charge in [-0.1, -0.05) is 0 Å². The van der Waals surface area contributed by atoms with Crippen molar-refractivity contribution in [1.29, 1.82) is 0 Å². The van der Waals surface area contributed by atoms with Crippen molar-refractivity contribution in [3.8, 4) is 0 Å². The second kappa shape index (κ2) is 6.74. The maximum absolute atomic E-state index is 11.8. The molecule has 0 aromatic heterocycles. The zero-order valence-corrected chi connectivity index (χ0v) is 11.1. The fourth-order valence-electron chi connectivity index (χ4n) is 1.68. The lowest BCUT2D eigenvalue weighted by molar-refractivity contribution is -0.139. The molecule has 1 atom stereocenters. The first kappa shape index (κ1) is 14.2. The third kappa shape index (κ3) is 4.11. The first-order valence-electron chi connectivity index (χ1n) is 5.81. The molecule has 1 rings (SSSR count). The van der Waals surface area contributed by atoms with Crippen LogP contribution in [0.2, 0.25) is 0 Å². The lowest BCUT2D eigenvalue weighted by Gasteiger charge is -2.35. The topological polar surface area (TPSA) is 69.6 Å². The molecular weight excluding hydrogens is 240 g/mol. The minimum absolute atomic E-state index is 0.275. The molecule has 98 valence electrons. The molecular formula is C11H20N2O3S. The van der Waals surface area contributed by atoms with Gasteiger partial charge >= 0.3 is 12.0 Å². The number of hydrogen-bond acceptors (Lipinski definition) is 3. The van der Waals surface area contributed by atoms with E-state index in [1.165, 1.54) is 0 Å². The molecule has 2 amide bonds. The zero-order valence-electron chi connectivity index (χ0n) is 10.3. The van der Waals surface area contributed by atoms with Crippen LogP contribution in [0.25, 0.3) is 0 Å². The number of carbonyl (C=O) groups excluding carboxylic acids is 1. The van der Waals surface area contributed by atoms with Crippen LogP contribution in [0.1, 0.15) is 25.7 Å². The molecule has 1 fully saturated rings. The summed E-state index contributed by atoms with van der Waals surface area (Å²) in [5.74, 6) is -0.237. The number of aliphatic carboxylic acids is 1. The van der Waals surface area contributed by atoms with E-state index in [-0.39, 0.29) is 12.1 Å². The van der Waals surface area contributed by atoms with Gasteiger partial charge in [-0.05, 0) is 37.7 Å². The fourth-order valence-corrected chi connectivity index (χ4v) is 2.16. The Bertz CT molecular complexity index is 282. The molecule has 17 heavy (non-hydrogen) atoms. The summed E-state index contributed by atoms with van der Waals surface area (Å²) < 4.78 is 0. The quantitative estimate of drug-likeness (QED) is 0.757. The number of rotatable bonds is 6. The third-order valence-electron chi connectivity index (χ3n) is 3.15. The predicted molar refractivity (Wildman–Crippen MR) is 68.4 cm³/mol. The Morgan fingerprint density at radius 3 is 2.59 bits per heavy atom. The fraction of sp³-hybridized carbons (Fsp3) is 0.818. The second-order valence-corrected chi connectivity index (χ2v) is 5.30. The number of carbonyl (C=O) groups is 2. The minimum Gasteiger partial charge on any atom is -0.480 e. The van der Waals surface area contributed by atoms with Gasteiger partial charge in [0.15, 0.2) is 0 Å². The Hall–Kier alpha value is -0.910. The van der Waals surface area contributed by atoms with Gasteiger partial charge in [0.2, 0.25) is 0 Å². The molecule has 0 aromatic carbocycles. The lowest BCUT2D eigenvalue weighted by Crippen LogP contribution is -2.51. The summed E-state index contributed by atoms with van der Waals surface area (Å²) in [5, 5.41) is 11.6. The van der Waals surface area contributed by atoms with Gasteiger partial charge < -0.3 is 15.3 Å². The van der Waals surface area contributed by atoms with Crippen molar-refractivity contribution in [3.63, 3.8) is 0 Å². The lowest BCUT2D eigenvalue weighted by atomic mass is 9.92. The number of amides is 2.